The van der Waals surface area contributed by atoms with Crippen LogP contribution in [0.15, 0.2) is 91.1 Å². The quantitative estimate of drug-likeness (QED) is 0.162. The lowest BCUT2D eigenvalue weighted by Crippen LogP contribution is -2.05. The minimum Gasteiger partial charge on any atom is -0.478 e. The average Bonchev–Trinajstić information content (AvgIpc) is 4.04. The van der Waals surface area contributed by atoms with Crippen molar-refractivity contribution in [3.05, 3.63) is 125 Å². The maximum absolute atomic E-state index is 14.3. The molecule has 2 aliphatic carbocycles. The van der Waals surface area contributed by atoms with Gasteiger partial charge in [0.05, 0.1) is 28.3 Å². The highest BCUT2D eigenvalue weighted by atomic mass is 35.5. The SMILES string of the molecule is Fc1ccccc1-c1cc(Cl)n2nc(C3CC3)cc2n1.O=C(O)c1ccc(Nc2cc(-c3ccccc3F)nc3cc(C4CC4)nn23)nc1. The number of rotatable bonds is 7. The molecule has 49 heavy (non-hydrogen) atoms. The van der Waals surface area contributed by atoms with Crippen molar-refractivity contribution in [2.45, 2.75) is 37.5 Å². The largest absolute Gasteiger partial charge is 0.478 e. The molecule has 0 saturated heterocycles. The molecule has 2 aliphatic rings. The lowest BCUT2D eigenvalue weighted by Gasteiger charge is -2.11. The molecule has 2 aromatic carbocycles. The van der Waals surface area contributed by atoms with Crippen molar-refractivity contribution in [2.24, 2.45) is 0 Å². The molecule has 0 aliphatic heterocycles. The van der Waals surface area contributed by atoms with E-state index in [0.29, 0.717) is 62.4 Å². The van der Waals surface area contributed by atoms with Crippen molar-refractivity contribution < 1.29 is 18.7 Å². The number of carbonyl (C=O) groups is 1. The second-order valence-corrected chi connectivity index (χ2v) is 12.4. The Balaban J connectivity index is 0.000000152. The Morgan fingerprint density at radius 3 is 1.84 bits per heavy atom. The van der Waals surface area contributed by atoms with Gasteiger partial charge in [0.15, 0.2) is 11.3 Å². The van der Waals surface area contributed by atoms with Crippen LogP contribution in [0.5, 0.6) is 0 Å². The minimum atomic E-state index is -1.04. The van der Waals surface area contributed by atoms with Gasteiger partial charge in [0.1, 0.15) is 28.4 Å². The third kappa shape index (κ3) is 6.30. The van der Waals surface area contributed by atoms with Crippen LogP contribution in [0.4, 0.5) is 20.4 Å². The van der Waals surface area contributed by atoms with Crippen molar-refractivity contribution in [1.82, 2.24) is 34.2 Å². The molecule has 9 rings (SSSR count). The predicted molar refractivity (Wildman–Crippen MR) is 180 cm³/mol. The molecule has 5 heterocycles. The molecule has 0 atom stereocenters. The summed E-state index contributed by atoms with van der Waals surface area (Å²) in [7, 11) is 0. The van der Waals surface area contributed by atoms with Gasteiger partial charge in [-0.15, -0.1) is 0 Å². The number of halogens is 3. The molecule has 0 spiro atoms. The van der Waals surface area contributed by atoms with Gasteiger partial charge in [0.25, 0.3) is 0 Å². The number of fused-ring (bicyclic) bond motifs is 2. The van der Waals surface area contributed by atoms with E-state index in [2.05, 4.69) is 30.5 Å². The molecular weight excluding hydrogens is 650 g/mol. The van der Waals surface area contributed by atoms with Crippen molar-refractivity contribution in [1.29, 1.82) is 0 Å². The second kappa shape index (κ2) is 12.4. The molecule has 5 aromatic heterocycles. The summed E-state index contributed by atoms with van der Waals surface area (Å²) >= 11 is 6.24. The predicted octanol–water partition coefficient (Wildman–Crippen LogP) is 8.32. The van der Waals surface area contributed by atoms with E-state index in [9.17, 15) is 13.6 Å². The number of aromatic nitrogens is 7. The lowest BCUT2D eigenvalue weighted by molar-refractivity contribution is 0.0696. The Morgan fingerprint density at radius 2 is 1.31 bits per heavy atom. The normalized spacial score (nSPS) is 14.1. The monoisotopic (exact) mass is 676 g/mol. The van der Waals surface area contributed by atoms with E-state index in [-0.39, 0.29) is 17.2 Å². The number of nitrogens with zero attached hydrogens (tertiary/aromatic N) is 7. The van der Waals surface area contributed by atoms with E-state index in [0.717, 1.165) is 24.2 Å². The van der Waals surface area contributed by atoms with Crippen LogP contribution in [-0.4, -0.2) is 45.3 Å². The Kier molecular flexibility index (Phi) is 7.72. The highest BCUT2D eigenvalue weighted by molar-refractivity contribution is 6.30. The van der Waals surface area contributed by atoms with Crippen molar-refractivity contribution >= 4 is 40.5 Å². The highest BCUT2D eigenvalue weighted by Crippen LogP contribution is 2.41. The molecule has 0 bridgehead atoms. The summed E-state index contributed by atoms with van der Waals surface area (Å²) in [5.41, 5.74) is 5.19. The highest BCUT2D eigenvalue weighted by Gasteiger charge is 2.28. The topological polar surface area (TPSA) is 123 Å². The van der Waals surface area contributed by atoms with Crippen LogP contribution in [-0.2, 0) is 0 Å². The summed E-state index contributed by atoms with van der Waals surface area (Å²) in [6.07, 6.45) is 5.82. The summed E-state index contributed by atoms with van der Waals surface area (Å²) in [5.74, 6) is 0.280. The summed E-state index contributed by atoms with van der Waals surface area (Å²) in [6.45, 7) is 0. The van der Waals surface area contributed by atoms with Gasteiger partial charge in [0.2, 0.25) is 0 Å². The van der Waals surface area contributed by atoms with Gasteiger partial charge in [-0.05, 0) is 62.1 Å². The Hall–Kier alpha value is -5.75. The number of hydrogen-bond acceptors (Lipinski definition) is 7. The molecule has 2 fully saturated rings. The third-order valence-electron chi connectivity index (χ3n) is 8.41. The number of carboxylic acid groups (broad SMARTS) is 1. The number of carboxylic acids is 1. The summed E-state index contributed by atoms with van der Waals surface area (Å²) in [6, 6.07) is 23.3. The first-order valence-corrected chi connectivity index (χ1v) is 16.1. The zero-order valence-electron chi connectivity index (χ0n) is 25.8. The summed E-state index contributed by atoms with van der Waals surface area (Å²) in [4.78, 5) is 24.3. The number of benzene rings is 2. The van der Waals surface area contributed by atoms with Crippen molar-refractivity contribution in [3.8, 4) is 22.5 Å². The molecule has 244 valence electrons. The first-order valence-electron chi connectivity index (χ1n) is 15.7. The van der Waals surface area contributed by atoms with E-state index in [1.54, 1.807) is 63.6 Å². The van der Waals surface area contributed by atoms with Crippen LogP contribution < -0.4 is 5.32 Å². The zero-order valence-corrected chi connectivity index (χ0v) is 26.5. The Morgan fingerprint density at radius 1 is 0.755 bits per heavy atom. The molecule has 2 N–H and O–H groups in total. The molecular formula is C36H27ClF2N8O2. The zero-order chi connectivity index (χ0) is 33.6. The van der Waals surface area contributed by atoms with Crippen LogP contribution in [0.1, 0.15) is 59.3 Å². The van der Waals surface area contributed by atoms with Gasteiger partial charge >= 0.3 is 5.97 Å². The summed E-state index contributed by atoms with van der Waals surface area (Å²) < 4.78 is 31.5. The molecule has 2 saturated carbocycles. The van der Waals surface area contributed by atoms with Gasteiger partial charge in [-0.25, -0.2) is 33.0 Å². The molecule has 10 nitrogen and oxygen atoms in total. The standard InChI is InChI=1S/C21H16FN5O2.C15H11ClFN3/c22-15-4-2-1-3-14(15)17-10-20(25-18-8-7-13(11-23-18)21(28)29)27-19(24-17)9-16(26-27)12-5-6-12;16-14-7-13(10-3-1-2-4-11(10)17)18-15-8-12(9-5-6-9)19-20(14)15/h1-4,7-12H,5-6H2,(H,23,25)(H,28,29);1-4,7-9H,5-6H2. The van der Waals surface area contributed by atoms with Gasteiger partial charge in [-0.3, -0.25) is 0 Å². The van der Waals surface area contributed by atoms with Crippen LogP contribution >= 0.6 is 11.6 Å². The van der Waals surface area contributed by atoms with Crippen LogP contribution in [0.2, 0.25) is 5.15 Å². The number of anilines is 2. The Labute approximate surface area is 283 Å². The second-order valence-electron chi connectivity index (χ2n) is 12.0. The summed E-state index contributed by atoms with van der Waals surface area (Å²) in [5, 5.41) is 21.7. The van der Waals surface area contributed by atoms with Crippen LogP contribution in [0.3, 0.4) is 0 Å². The molecule has 0 radical (unpaired) electrons. The van der Waals surface area contributed by atoms with Gasteiger partial charge < -0.3 is 10.4 Å². The first kappa shape index (κ1) is 30.6. The maximum Gasteiger partial charge on any atom is 0.337 e. The van der Waals surface area contributed by atoms with E-state index in [1.165, 1.54) is 37.2 Å². The molecule has 0 amide bonds. The fourth-order valence-corrected chi connectivity index (χ4v) is 5.76. The van der Waals surface area contributed by atoms with Crippen molar-refractivity contribution in [3.63, 3.8) is 0 Å². The minimum absolute atomic E-state index is 0.0950. The van der Waals surface area contributed by atoms with E-state index >= 15 is 0 Å². The lowest BCUT2D eigenvalue weighted by atomic mass is 10.1. The molecule has 0 unspecified atom stereocenters. The fourth-order valence-electron chi connectivity index (χ4n) is 5.53. The molecule has 7 aromatic rings. The number of nitrogens with one attached hydrogen (secondary N) is 1. The number of pyridine rings is 1. The first-order chi connectivity index (χ1) is 23.8. The maximum atomic E-state index is 14.3. The van der Waals surface area contributed by atoms with E-state index in [4.69, 9.17) is 16.7 Å². The third-order valence-corrected chi connectivity index (χ3v) is 8.68. The van der Waals surface area contributed by atoms with Crippen molar-refractivity contribution in [2.75, 3.05) is 5.32 Å². The fraction of sp³-hybridized carbons (Fsp3) is 0.167. The Bertz CT molecular complexity index is 2370. The smallest absolute Gasteiger partial charge is 0.337 e. The van der Waals surface area contributed by atoms with E-state index < -0.39 is 5.97 Å². The number of hydrogen-bond donors (Lipinski definition) is 2. The van der Waals surface area contributed by atoms with Gasteiger partial charge in [-0.2, -0.15) is 14.7 Å². The molecule has 13 heteroatoms. The van der Waals surface area contributed by atoms with E-state index in [1.807, 2.05) is 12.1 Å². The average molecular weight is 677 g/mol. The van der Waals surface area contributed by atoms with Crippen LogP contribution in [0, 0.1) is 11.6 Å². The number of aromatic carboxylic acids is 1. The van der Waals surface area contributed by atoms with Gasteiger partial charge in [-0.1, -0.05) is 35.9 Å². The van der Waals surface area contributed by atoms with Gasteiger partial charge in [0, 0.05) is 53.4 Å². The van der Waals surface area contributed by atoms with Crippen LogP contribution in [0.25, 0.3) is 33.8 Å².